The van der Waals surface area contributed by atoms with E-state index >= 15 is 0 Å². The van der Waals surface area contributed by atoms with Crippen LogP contribution in [0.3, 0.4) is 0 Å². The van der Waals surface area contributed by atoms with Crippen molar-refractivity contribution in [2.45, 2.75) is 31.7 Å². The van der Waals surface area contributed by atoms with Gasteiger partial charge in [0, 0.05) is 12.2 Å². The number of thiophene rings is 1. The lowest BCUT2D eigenvalue weighted by Gasteiger charge is -2.10. The molecule has 2 heterocycles. The Morgan fingerprint density at radius 2 is 1.91 bits per heavy atom. The first-order valence-electron chi connectivity index (χ1n) is 7.78. The normalized spacial score (nSPS) is 15.5. The largest absolute Gasteiger partial charge is 0.349 e. The molecule has 2 aromatic heterocycles. The van der Waals surface area contributed by atoms with Gasteiger partial charge in [-0.05, 0) is 42.5 Å². The minimum atomic E-state index is 0.0691. The summed E-state index contributed by atoms with van der Waals surface area (Å²) in [6.07, 6.45) is 6.76. The first-order chi connectivity index (χ1) is 10.8. The Labute approximate surface area is 133 Å². The van der Waals surface area contributed by atoms with Crippen molar-refractivity contribution in [2.24, 2.45) is 0 Å². The van der Waals surface area contributed by atoms with Gasteiger partial charge in [0.2, 0.25) is 0 Å². The van der Waals surface area contributed by atoms with Crippen LogP contribution >= 0.6 is 11.3 Å². The second kappa shape index (κ2) is 5.61. The molecule has 1 fully saturated rings. The fourth-order valence-electron chi connectivity index (χ4n) is 3.18. The molecule has 0 radical (unpaired) electrons. The molecule has 1 amide bonds. The Morgan fingerprint density at radius 1 is 1.09 bits per heavy atom. The topological polar surface area (TPSA) is 34.0 Å². The monoisotopic (exact) mass is 310 g/mol. The van der Waals surface area contributed by atoms with Gasteiger partial charge in [-0.3, -0.25) is 4.79 Å². The summed E-state index contributed by atoms with van der Waals surface area (Å²) in [6.45, 7) is 0. The molecule has 0 aliphatic heterocycles. The molecule has 0 bridgehead atoms. The number of aromatic nitrogens is 1. The number of nitrogens with zero attached hydrogens (tertiary/aromatic N) is 1. The van der Waals surface area contributed by atoms with Crippen LogP contribution in [0.15, 0.2) is 48.7 Å². The van der Waals surface area contributed by atoms with Gasteiger partial charge in [-0.1, -0.05) is 31.0 Å². The highest BCUT2D eigenvalue weighted by atomic mass is 32.1. The zero-order chi connectivity index (χ0) is 14.9. The van der Waals surface area contributed by atoms with E-state index in [1.807, 2.05) is 24.3 Å². The molecule has 3 nitrogen and oxygen atoms in total. The Balaban J connectivity index is 1.59. The zero-order valence-electron chi connectivity index (χ0n) is 12.3. The number of hydrogen-bond donors (Lipinski definition) is 1. The van der Waals surface area contributed by atoms with Crippen LogP contribution in [0.25, 0.3) is 15.9 Å². The first kappa shape index (κ1) is 13.6. The lowest BCUT2D eigenvalue weighted by molar-refractivity contribution is 0.0942. The van der Waals surface area contributed by atoms with Crippen molar-refractivity contribution in [2.75, 3.05) is 0 Å². The molecule has 0 saturated heterocycles. The van der Waals surface area contributed by atoms with Crippen molar-refractivity contribution in [3.05, 3.63) is 53.5 Å². The lowest BCUT2D eigenvalue weighted by Crippen LogP contribution is -2.31. The summed E-state index contributed by atoms with van der Waals surface area (Å²) in [5.74, 6) is 0.0691. The number of para-hydroxylation sites is 1. The Morgan fingerprint density at radius 3 is 2.77 bits per heavy atom. The summed E-state index contributed by atoms with van der Waals surface area (Å²) in [4.78, 5) is 13.1. The summed E-state index contributed by atoms with van der Waals surface area (Å²) < 4.78 is 2.15. The van der Waals surface area contributed by atoms with Gasteiger partial charge >= 0.3 is 0 Å². The van der Waals surface area contributed by atoms with Gasteiger partial charge in [-0.25, -0.2) is 0 Å². The Hall–Kier alpha value is -2.07. The Bertz CT molecular complexity index is 811. The molecule has 1 aliphatic rings. The average Bonchev–Trinajstić information content (AvgIpc) is 3.27. The van der Waals surface area contributed by atoms with Crippen LogP contribution in [-0.2, 0) is 0 Å². The smallest absolute Gasteiger partial charge is 0.261 e. The predicted octanol–water partition coefficient (Wildman–Crippen LogP) is 4.36. The molecule has 0 spiro atoms. The minimum absolute atomic E-state index is 0.0691. The fourth-order valence-corrected chi connectivity index (χ4v) is 4.09. The maximum Gasteiger partial charge on any atom is 0.261 e. The molecule has 1 aliphatic carbocycles. The third-order valence-corrected chi connectivity index (χ3v) is 5.43. The van der Waals surface area contributed by atoms with E-state index in [1.165, 1.54) is 23.7 Å². The van der Waals surface area contributed by atoms with Crippen LogP contribution in [0.5, 0.6) is 0 Å². The van der Waals surface area contributed by atoms with Gasteiger partial charge in [-0.2, -0.15) is 0 Å². The summed E-state index contributed by atoms with van der Waals surface area (Å²) in [5.41, 5.74) is 1.17. The molecule has 112 valence electrons. The number of carbonyl (C=O) groups excluding carboxylic acids is 1. The highest BCUT2D eigenvalue weighted by Gasteiger charge is 2.19. The van der Waals surface area contributed by atoms with Gasteiger partial charge in [0.15, 0.2) is 0 Å². The quantitative estimate of drug-likeness (QED) is 0.766. The molecule has 22 heavy (non-hydrogen) atoms. The number of carbonyl (C=O) groups is 1. The molecule has 0 unspecified atom stereocenters. The summed E-state index contributed by atoms with van der Waals surface area (Å²) >= 11 is 1.55. The summed E-state index contributed by atoms with van der Waals surface area (Å²) in [7, 11) is 0. The van der Waals surface area contributed by atoms with Crippen LogP contribution in [0, 0.1) is 0 Å². The van der Waals surface area contributed by atoms with E-state index in [4.69, 9.17) is 0 Å². The third kappa shape index (κ3) is 2.44. The van der Waals surface area contributed by atoms with Gasteiger partial charge < -0.3 is 9.88 Å². The number of benzene rings is 1. The molecule has 4 heteroatoms. The second-order valence-corrected chi connectivity index (χ2v) is 6.90. The highest BCUT2D eigenvalue weighted by Crippen LogP contribution is 2.26. The minimum Gasteiger partial charge on any atom is -0.349 e. The highest BCUT2D eigenvalue weighted by molar-refractivity contribution is 7.16. The molecule has 4 rings (SSSR count). The van der Waals surface area contributed by atoms with E-state index < -0.39 is 0 Å². The van der Waals surface area contributed by atoms with E-state index in [0.29, 0.717) is 6.04 Å². The lowest BCUT2D eigenvalue weighted by atomic mass is 10.2. The molecular formula is C18H18N2OS. The van der Waals surface area contributed by atoms with Crippen molar-refractivity contribution < 1.29 is 4.79 Å². The maximum atomic E-state index is 12.3. The van der Waals surface area contributed by atoms with Crippen molar-refractivity contribution in [3.63, 3.8) is 0 Å². The van der Waals surface area contributed by atoms with E-state index in [2.05, 4.69) is 34.3 Å². The zero-order valence-corrected chi connectivity index (χ0v) is 13.1. The fraction of sp³-hybridized carbons (Fsp3) is 0.278. The molecule has 1 N–H and O–H groups in total. The third-order valence-electron chi connectivity index (χ3n) is 4.34. The number of fused-ring (bicyclic) bond motifs is 1. The molecule has 0 atom stereocenters. The van der Waals surface area contributed by atoms with Crippen molar-refractivity contribution in [3.8, 4) is 5.00 Å². The second-order valence-electron chi connectivity index (χ2n) is 5.84. The number of rotatable bonds is 3. The Kier molecular flexibility index (Phi) is 3.47. The molecule has 3 aromatic rings. The number of nitrogens with one attached hydrogen (secondary N) is 1. The van der Waals surface area contributed by atoms with Crippen LogP contribution in [0.4, 0.5) is 0 Å². The molecular weight excluding hydrogens is 292 g/mol. The molecule has 1 saturated carbocycles. The summed E-state index contributed by atoms with van der Waals surface area (Å²) in [5, 5.41) is 5.45. The van der Waals surface area contributed by atoms with Crippen LogP contribution in [0.2, 0.25) is 0 Å². The standard InChI is InChI=1S/C18H18N2OS/c21-18(19-14-6-2-3-7-14)16-9-10-17(22-16)20-12-11-13-5-1-4-8-15(13)20/h1,4-5,8-12,14H,2-3,6-7H2,(H,19,21). The number of amides is 1. The SMILES string of the molecule is O=C(NC1CCCC1)c1ccc(-n2ccc3ccccc32)s1. The van der Waals surface area contributed by atoms with E-state index in [9.17, 15) is 4.79 Å². The predicted molar refractivity (Wildman–Crippen MR) is 90.9 cm³/mol. The van der Waals surface area contributed by atoms with Gasteiger partial charge in [-0.15, -0.1) is 11.3 Å². The number of hydrogen-bond acceptors (Lipinski definition) is 2. The van der Waals surface area contributed by atoms with Crippen LogP contribution in [-0.4, -0.2) is 16.5 Å². The van der Waals surface area contributed by atoms with E-state index in [0.717, 1.165) is 22.7 Å². The van der Waals surface area contributed by atoms with Crippen molar-refractivity contribution in [1.82, 2.24) is 9.88 Å². The van der Waals surface area contributed by atoms with E-state index in [-0.39, 0.29) is 5.91 Å². The first-order valence-corrected chi connectivity index (χ1v) is 8.60. The average molecular weight is 310 g/mol. The molecule has 1 aromatic carbocycles. The van der Waals surface area contributed by atoms with Crippen molar-refractivity contribution in [1.29, 1.82) is 0 Å². The maximum absolute atomic E-state index is 12.3. The van der Waals surface area contributed by atoms with E-state index in [1.54, 1.807) is 11.3 Å². The van der Waals surface area contributed by atoms with Gasteiger partial charge in [0.1, 0.15) is 5.00 Å². The van der Waals surface area contributed by atoms with Crippen LogP contribution < -0.4 is 5.32 Å². The van der Waals surface area contributed by atoms with Gasteiger partial charge in [0.25, 0.3) is 5.91 Å². The van der Waals surface area contributed by atoms with Crippen molar-refractivity contribution >= 4 is 28.1 Å². The van der Waals surface area contributed by atoms with Crippen LogP contribution in [0.1, 0.15) is 35.4 Å². The summed E-state index contributed by atoms with van der Waals surface area (Å²) in [6, 6.07) is 14.7. The van der Waals surface area contributed by atoms with Gasteiger partial charge in [0.05, 0.1) is 10.4 Å².